The third-order valence-electron chi connectivity index (χ3n) is 7.02. The van der Waals surface area contributed by atoms with Crippen LogP contribution in [0, 0.1) is 12.3 Å². The smallest absolute Gasteiger partial charge is 0.332 e. The number of nitrogens with zero attached hydrogens (tertiary/aromatic N) is 1. The Kier molecular flexibility index (Phi) is 10.5. The van der Waals surface area contributed by atoms with Gasteiger partial charge in [0.1, 0.15) is 10.6 Å². The summed E-state index contributed by atoms with van der Waals surface area (Å²) in [5.41, 5.74) is 0.0292. The molecule has 1 saturated heterocycles. The minimum Gasteiger partial charge on any atom is -0.465 e. The van der Waals surface area contributed by atoms with Crippen LogP contribution in [-0.4, -0.2) is 70.6 Å². The van der Waals surface area contributed by atoms with Crippen LogP contribution in [0.15, 0.2) is 53.4 Å². The molecule has 0 aromatic heterocycles. The van der Waals surface area contributed by atoms with Crippen LogP contribution in [0.25, 0.3) is 0 Å². The van der Waals surface area contributed by atoms with Gasteiger partial charge in [0.05, 0.1) is 34.2 Å². The molecule has 2 unspecified atom stereocenters. The van der Waals surface area contributed by atoms with Gasteiger partial charge in [0.25, 0.3) is 0 Å². The van der Waals surface area contributed by atoms with E-state index >= 15 is 0 Å². The van der Waals surface area contributed by atoms with Gasteiger partial charge in [-0.05, 0) is 70.0 Å². The predicted octanol–water partition coefficient (Wildman–Crippen LogP) is 4.35. The van der Waals surface area contributed by atoms with E-state index in [4.69, 9.17) is 21.1 Å². The number of halogens is 1. The molecule has 0 bridgehead atoms. The number of esters is 2. The SMILES string of the molecule is CCCCOC(=O)C(C)(CC(C)(Cl)C(=O)Oc1ccc(N2CCS(=O)(=O)CC2)cc1)CS(=O)(=O)c1ccc(C)cc1. The number of carbonyl (C=O) groups is 2. The van der Waals surface area contributed by atoms with Crippen LogP contribution >= 0.6 is 11.6 Å². The van der Waals surface area contributed by atoms with Crippen molar-refractivity contribution in [3.63, 3.8) is 0 Å². The van der Waals surface area contributed by atoms with E-state index in [0.29, 0.717) is 19.5 Å². The van der Waals surface area contributed by atoms with Gasteiger partial charge in [0, 0.05) is 18.8 Å². The average molecular weight is 628 g/mol. The Balaban J connectivity index is 1.77. The highest BCUT2D eigenvalue weighted by Crippen LogP contribution is 2.38. The summed E-state index contributed by atoms with van der Waals surface area (Å²) in [5, 5.41) is 0. The van der Waals surface area contributed by atoms with E-state index in [1.807, 2.05) is 18.7 Å². The van der Waals surface area contributed by atoms with Crippen molar-refractivity contribution < 1.29 is 35.9 Å². The minimum absolute atomic E-state index is 0.0564. The second kappa shape index (κ2) is 13.1. The monoisotopic (exact) mass is 627 g/mol. The fourth-order valence-electron chi connectivity index (χ4n) is 4.63. The van der Waals surface area contributed by atoms with E-state index in [-0.39, 0.29) is 35.2 Å². The summed E-state index contributed by atoms with van der Waals surface area (Å²) in [6, 6.07) is 12.9. The lowest BCUT2D eigenvalue weighted by Gasteiger charge is -2.33. The molecule has 1 aliphatic rings. The van der Waals surface area contributed by atoms with Gasteiger partial charge >= 0.3 is 11.9 Å². The number of ether oxygens (including phenoxy) is 2. The maximum Gasteiger partial charge on any atom is 0.332 e. The van der Waals surface area contributed by atoms with Crippen molar-refractivity contribution in [1.29, 1.82) is 0 Å². The van der Waals surface area contributed by atoms with E-state index in [9.17, 15) is 26.4 Å². The quantitative estimate of drug-likeness (QED) is 0.146. The molecular formula is C29H38ClNO8S2. The molecule has 0 N–H and O–H groups in total. The zero-order valence-electron chi connectivity index (χ0n) is 23.9. The molecular weight excluding hydrogens is 590 g/mol. The first-order chi connectivity index (χ1) is 19.1. The highest BCUT2D eigenvalue weighted by Gasteiger charge is 2.48. The number of anilines is 1. The number of hydrogen-bond acceptors (Lipinski definition) is 9. The molecule has 41 heavy (non-hydrogen) atoms. The maximum atomic E-state index is 13.3. The summed E-state index contributed by atoms with van der Waals surface area (Å²) >= 11 is 6.66. The molecule has 12 heteroatoms. The van der Waals surface area contributed by atoms with E-state index in [1.165, 1.54) is 26.0 Å². The van der Waals surface area contributed by atoms with E-state index < -0.39 is 47.7 Å². The highest BCUT2D eigenvalue weighted by atomic mass is 35.5. The second-order valence-corrected chi connectivity index (χ2v) is 16.1. The molecule has 226 valence electrons. The third-order valence-corrected chi connectivity index (χ3v) is 10.9. The first-order valence-electron chi connectivity index (χ1n) is 13.5. The number of aryl methyl sites for hydroxylation is 1. The molecule has 1 aliphatic heterocycles. The number of unbranched alkanes of at least 4 members (excludes halogenated alkanes) is 1. The Hall–Kier alpha value is -2.63. The molecule has 0 saturated carbocycles. The van der Waals surface area contributed by atoms with Crippen molar-refractivity contribution in [3.05, 3.63) is 54.1 Å². The van der Waals surface area contributed by atoms with Crippen LogP contribution in [0.2, 0.25) is 0 Å². The number of carbonyl (C=O) groups excluding carboxylic acids is 2. The Morgan fingerprint density at radius 1 is 0.976 bits per heavy atom. The lowest BCUT2D eigenvalue weighted by atomic mass is 9.82. The van der Waals surface area contributed by atoms with Gasteiger partial charge in [-0.25, -0.2) is 21.6 Å². The number of hydrogen-bond donors (Lipinski definition) is 0. The van der Waals surface area contributed by atoms with Crippen LogP contribution in [0.3, 0.4) is 0 Å². The Morgan fingerprint density at radius 3 is 2.12 bits per heavy atom. The summed E-state index contributed by atoms with van der Waals surface area (Å²) in [6.45, 7) is 7.46. The molecule has 1 heterocycles. The van der Waals surface area contributed by atoms with Crippen LogP contribution in [0.1, 0.15) is 45.6 Å². The lowest BCUT2D eigenvalue weighted by molar-refractivity contribution is -0.155. The Morgan fingerprint density at radius 2 is 1.56 bits per heavy atom. The predicted molar refractivity (Wildman–Crippen MR) is 159 cm³/mol. The van der Waals surface area contributed by atoms with Gasteiger partial charge in [-0.2, -0.15) is 0 Å². The van der Waals surface area contributed by atoms with Crippen molar-refractivity contribution in [2.75, 3.05) is 41.9 Å². The van der Waals surface area contributed by atoms with Crippen LogP contribution in [0.5, 0.6) is 5.75 Å². The fourth-order valence-corrected chi connectivity index (χ4v) is 7.94. The van der Waals surface area contributed by atoms with E-state index in [0.717, 1.165) is 17.7 Å². The first-order valence-corrected chi connectivity index (χ1v) is 17.4. The van der Waals surface area contributed by atoms with Crippen molar-refractivity contribution >= 4 is 48.9 Å². The van der Waals surface area contributed by atoms with Crippen molar-refractivity contribution in [1.82, 2.24) is 0 Å². The summed E-state index contributed by atoms with van der Waals surface area (Å²) in [6.07, 6.45) is 1.04. The van der Waals surface area contributed by atoms with Gasteiger partial charge in [-0.1, -0.05) is 31.0 Å². The molecule has 1 fully saturated rings. The number of alkyl halides is 1. The molecule has 0 aliphatic carbocycles. The zero-order valence-corrected chi connectivity index (χ0v) is 26.3. The normalized spacial score (nSPS) is 18.1. The van der Waals surface area contributed by atoms with Crippen molar-refractivity contribution in [2.45, 2.75) is 56.7 Å². The van der Waals surface area contributed by atoms with Gasteiger partial charge in [0.2, 0.25) is 0 Å². The Labute approximate surface area is 248 Å². The summed E-state index contributed by atoms with van der Waals surface area (Å²) < 4.78 is 61.0. The van der Waals surface area contributed by atoms with Crippen LogP contribution in [-0.2, 0) is 34.0 Å². The second-order valence-electron chi connectivity index (χ2n) is 11.0. The summed E-state index contributed by atoms with van der Waals surface area (Å²) in [7, 11) is -6.96. The topological polar surface area (TPSA) is 124 Å². The number of rotatable bonds is 12. The van der Waals surface area contributed by atoms with Gasteiger partial charge in [-0.3, -0.25) is 4.79 Å². The molecule has 9 nitrogen and oxygen atoms in total. The van der Waals surface area contributed by atoms with Gasteiger partial charge in [0.15, 0.2) is 19.7 Å². The molecule has 0 amide bonds. The fraction of sp³-hybridized carbons (Fsp3) is 0.517. The van der Waals surface area contributed by atoms with Gasteiger partial charge < -0.3 is 14.4 Å². The zero-order chi connectivity index (χ0) is 30.5. The summed E-state index contributed by atoms with van der Waals surface area (Å²) in [4.78, 5) is 26.7. The standard InChI is InChI=1S/C29H38ClNO8S2/c1-5-6-17-38-26(32)28(3,21-41(36,37)25-13-7-22(2)8-14-25)20-29(4,30)27(33)39-24-11-9-23(10-12-24)31-15-18-40(34,35)19-16-31/h7-14H,5-6,15-21H2,1-4H3. The summed E-state index contributed by atoms with van der Waals surface area (Å²) in [5.74, 6) is -1.86. The molecule has 0 spiro atoms. The van der Waals surface area contributed by atoms with Crippen molar-refractivity contribution in [3.8, 4) is 5.75 Å². The number of sulfone groups is 2. The maximum absolute atomic E-state index is 13.3. The molecule has 2 aromatic rings. The highest BCUT2D eigenvalue weighted by molar-refractivity contribution is 7.91. The molecule has 2 aromatic carbocycles. The molecule has 2 atom stereocenters. The number of benzene rings is 2. The van der Waals surface area contributed by atoms with Crippen molar-refractivity contribution in [2.24, 2.45) is 5.41 Å². The van der Waals surface area contributed by atoms with E-state index in [2.05, 4.69) is 0 Å². The Bertz CT molecular complexity index is 1420. The minimum atomic E-state index is -3.94. The average Bonchev–Trinajstić information content (AvgIpc) is 2.89. The largest absolute Gasteiger partial charge is 0.465 e. The van der Waals surface area contributed by atoms with Crippen LogP contribution in [0.4, 0.5) is 5.69 Å². The van der Waals surface area contributed by atoms with E-state index in [1.54, 1.807) is 36.4 Å². The van der Waals surface area contributed by atoms with Gasteiger partial charge in [-0.15, -0.1) is 11.6 Å². The molecule has 0 radical (unpaired) electrons. The third kappa shape index (κ3) is 8.93. The molecule has 3 rings (SSSR count). The lowest BCUT2D eigenvalue weighted by Crippen LogP contribution is -2.46. The van der Waals surface area contributed by atoms with Crippen LogP contribution < -0.4 is 9.64 Å². The first kappa shape index (κ1) is 32.9.